The van der Waals surface area contributed by atoms with Gasteiger partial charge in [-0.3, -0.25) is 9.69 Å². The summed E-state index contributed by atoms with van der Waals surface area (Å²) in [6, 6.07) is -0.0497. The number of nitrogens with one attached hydrogen (secondary N) is 1. The van der Waals surface area contributed by atoms with Gasteiger partial charge < -0.3 is 19.5 Å². The Morgan fingerprint density at radius 1 is 1.14 bits per heavy atom. The Labute approximate surface area is 134 Å². The van der Waals surface area contributed by atoms with E-state index in [-0.39, 0.29) is 30.9 Å². The van der Waals surface area contributed by atoms with Gasteiger partial charge in [-0.25, -0.2) is 0 Å². The zero-order chi connectivity index (χ0) is 16.4. The van der Waals surface area contributed by atoms with E-state index in [1.54, 1.807) is 0 Å². The maximum Gasteiger partial charge on any atom is 0.239 e. The molecule has 0 bridgehead atoms. The van der Waals surface area contributed by atoms with Crippen molar-refractivity contribution < 1.29 is 19.0 Å². The molecule has 0 aromatic carbocycles. The second-order valence-corrected chi connectivity index (χ2v) is 6.13. The first-order valence-electron chi connectivity index (χ1n) is 8.33. The van der Waals surface area contributed by atoms with Crippen LogP contribution in [0.4, 0.5) is 0 Å². The first-order chi connectivity index (χ1) is 10.5. The van der Waals surface area contributed by atoms with Gasteiger partial charge in [-0.05, 0) is 47.1 Å². The van der Waals surface area contributed by atoms with Crippen molar-refractivity contribution in [2.45, 2.75) is 58.8 Å². The Morgan fingerprint density at radius 3 is 2.55 bits per heavy atom. The van der Waals surface area contributed by atoms with Crippen molar-refractivity contribution in [3.05, 3.63) is 0 Å². The van der Waals surface area contributed by atoms with Crippen LogP contribution in [0.25, 0.3) is 0 Å². The van der Waals surface area contributed by atoms with Crippen LogP contribution >= 0.6 is 0 Å². The van der Waals surface area contributed by atoms with Crippen LogP contribution in [0.5, 0.6) is 0 Å². The van der Waals surface area contributed by atoms with Crippen molar-refractivity contribution in [3.8, 4) is 0 Å². The summed E-state index contributed by atoms with van der Waals surface area (Å²) >= 11 is 0. The summed E-state index contributed by atoms with van der Waals surface area (Å²) in [5.41, 5.74) is 0. The third-order valence-electron chi connectivity index (χ3n) is 3.53. The SMILES string of the molecule is CC(C)OCCOCCN1CCCC1C(=O)NCOC(C)C. The molecule has 1 amide bonds. The van der Waals surface area contributed by atoms with Crippen molar-refractivity contribution in [1.29, 1.82) is 0 Å². The molecule has 1 N–H and O–H groups in total. The normalized spacial score (nSPS) is 19.3. The van der Waals surface area contributed by atoms with Gasteiger partial charge >= 0.3 is 0 Å². The number of ether oxygens (including phenoxy) is 3. The Balaban J connectivity index is 2.15. The van der Waals surface area contributed by atoms with Gasteiger partial charge in [0.15, 0.2) is 0 Å². The third kappa shape index (κ3) is 8.08. The monoisotopic (exact) mass is 316 g/mol. The summed E-state index contributed by atoms with van der Waals surface area (Å²) in [6.45, 7) is 11.8. The summed E-state index contributed by atoms with van der Waals surface area (Å²) in [4.78, 5) is 14.3. The Hall–Kier alpha value is -0.690. The largest absolute Gasteiger partial charge is 0.378 e. The molecule has 0 radical (unpaired) electrons. The number of hydrogen-bond acceptors (Lipinski definition) is 5. The topological polar surface area (TPSA) is 60.0 Å². The predicted molar refractivity (Wildman–Crippen MR) is 85.7 cm³/mol. The maximum absolute atomic E-state index is 12.2. The molecule has 6 heteroatoms. The number of rotatable bonds is 11. The molecule has 1 fully saturated rings. The van der Waals surface area contributed by atoms with Gasteiger partial charge in [0.2, 0.25) is 5.91 Å². The van der Waals surface area contributed by atoms with Crippen LogP contribution < -0.4 is 5.32 Å². The average molecular weight is 316 g/mol. The minimum atomic E-state index is -0.0497. The summed E-state index contributed by atoms with van der Waals surface area (Å²) < 4.78 is 16.3. The van der Waals surface area contributed by atoms with Crippen LogP contribution in [0.1, 0.15) is 40.5 Å². The highest BCUT2D eigenvalue weighted by molar-refractivity contribution is 5.81. The minimum absolute atomic E-state index is 0.0497. The van der Waals surface area contributed by atoms with E-state index in [4.69, 9.17) is 14.2 Å². The molecule has 1 rings (SSSR count). The van der Waals surface area contributed by atoms with E-state index in [2.05, 4.69) is 10.2 Å². The Kier molecular flexibility index (Phi) is 9.63. The van der Waals surface area contributed by atoms with E-state index < -0.39 is 0 Å². The smallest absolute Gasteiger partial charge is 0.239 e. The van der Waals surface area contributed by atoms with E-state index >= 15 is 0 Å². The number of hydrogen-bond donors (Lipinski definition) is 1. The number of nitrogens with zero attached hydrogens (tertiary/aromatic N) is 1. The molecule has 22 heavy (non-hydrogen) atoms. The molecule has 0 aliphatic carbocycles. The lowest BCUT2D eigenvalue weighted by molar-refractivity contribution is -0.127. The minimum Gasteiger partial charge on any atom is -0.378 e. The lowest BCUT2D eigenvalue weighted by Gasteiger charge is -2.23. The molecule has 0 aromatic rings. The van der Waals surface area contributed by atoms with Crippen molar-refractivity contribution in [1.82, 2.24) is 10.2 Å². The lowest BCUT2D eigenvalue weighted by Crippen LogP contribution is -2.45. The molecule has 1 aliphatic rings. The second kappa shape index (κ2) is 10.9. The van der Waals surface area contributed by atoms with Crippen LogP contribution in [-0.2, 0) is 19.0 Å². The van der Waals surface area contributed by atoms with Gasteiger partial charge in [0.05, 0.1) is 38.1 Å². The molecule has 6 nitrogen and oxygen atoms in total. The highest BCUT2D eigenvalue weighted by atomic mass is 16.5. The maximum atomic E-state index is 12.2. The number of likely N-dealkylation sites (tertiary alicyclic amines) is 1. The lowest BCUT2D eigenvalue weighted by atomic mass is 10.2. The zero-order valence-electron chi connectivity index (χ0n) is 14.5. The highest BCUT2D eigenvalue weighted by Crippen LogP contribution is 2.16. The van der Waals surface area contributed by atoms with Gasteiger partial charge in [0.25, 0.3) is 0 Å². The van der Waals surface area contributed by atoms with Crippen LogP contribution in [-0.4, -0.2) is 68.7 Å². The molecule has 0 saturated carbocycles. The van der Waals surface area contributed by atoms with Gasteiger partial charge in [-0.1, -0.05) is 0 Å². The van der Waals surface area contributed by atoms with Crippen LogP contribution in [0, 0.1) is 0 Å². The van der Waals surface area contributed by atoms with Crippen molar-refractivity contribution in [2.75, 3.05) is 39.6 Å². The van der Waals surface area contributed by atoms with Crippen molar-refractivity contribution in [2.24, 2.45) is 0 Å². The Morgan fingerprint density at radius 2 is 1.86 bits per heavy atom. The van der Waals surface area contributed by atoms with Crippen molar-refractivity contribution in [3.63, 3.8) is 0 Å². The summed E-state index contributed by atoms with van der Waals surface area (Å²) in [6.07, 6.45) is 2.33. The zero-order valence-corrected chi connectivity index (χ0v) is 14.5. The first-order valence-corrected chi connectivity index (χ1v) is 8.33. The van der Waals surface area contributed by atoms with Crippen LogP contribution in [0.2, 0.25) is 0 Å². The number of carbonyl (C=O) groups excluding carboxylic acids is 1. The van der Waals surface area contributed by atoms with Gasteiger partial charge in [-0.15, -0.1) is 0 Å². The molecule has 1 aliphatic heterocycles. The first kappa shape index (κ1) is 19.4. The number of amides is 1. The molecule has 1 atom stereocenters. The fraction of sp³-hybridized carbons (Fsp3) is 0.938. The van der Waals surface area contributed by atoms with E-state index in [1.807, 2.05) is 27.7 Å². The average Bonchev–Trinajstić information content (AvgIpc) is 2.90. The molecular weight excluding hydrogens is 284 g/mol. The molecular formula is C16H32N2O4. The molecule has 0 aromatic heterocycles. The Bertz CT molecular complexity index is 311. The van der Waals surface area contributed by atoms with E-state index in [0.717, 1.165) is 25.9 Å². The van der Waals surface area contributed by atoms with Gasteiger partial charge in [0, 0.05) is 6.54 Å². The second-order valence-electron chi connectivity index (χ2n) is 6.13. The predicted octanol–water partition coefficient (Wildman–Crippen LogP) is 1.39. The molecule has 1 unspecified atom stereocenters. The van der Waals surface area contributed by atoms with Gasteiger partial charge in [0.1, 0.15) is 6.73 Å². The third-order valence-corrected chi connectivity index (χ3v) is 3.53. The van der Waals surface area contributed by atoms with Crippen LogP contribution in [0.15, 0.2) is 0 Å². The molecule has 1 saturated heterocycles. The standard InChI is InChI=1S/C16H32N2O4/c1-13(2)21-11-10-20-9-8-18-7-5-6-15(18)16(19)17-12-22-14(3)4/h13-15H,5-12H2,1-4H3,(H,17,19). The quantitative estimate of drug-likeness (QED) is 0.461. The summed E-state index contributed by atoms with van der Waals surface area (Å²) in [5.74, 6) is 0.0568. The molecule has 0 spiro atoms. The summed E-state index contributed by atoms with van der Waals surface area (Å²) in [5, 5.41) is 2.85. The van der Waals surface area contributed by atoms with E-state index in [9.17, 15) is 4.79 Å². The fourth-order valence-electron chi connectivity index (χ4n) is 2.41. The molecule has 130 valence electrons. The fourth-order valence-corrected chi connectivity index (χ4v) is 2.41. The van der Waals surface area contributed by atoms with E-state index in [0.29, 0.717) is 19.8 Å². The molecule has 1 heterocycles. The highest BCUT2D eigenvalue weighted by Gasteiger charge is 2.30. The van der Waals surface area contributed by atoms with Gasteiger partial charge in [-0.2, -0.15) is 0 Å². The van der Waals surface area contributed by atoms with Crippen molar-refractivity contribution >= 4 is 5.91 Å². The van der Waals surface area contributed by atoms with E-state index in [1.165, 1.54) is 0 Å². The van der Waals surface area contributed by atoms with Crippen LogP contribution in [0.3, 0.4) is 0 Å². The number of carbonyl (C=O) groups is 1. The summed E-state index contributed by atoms with van der Waals surface area (Å²) in [7, 11) is 0.